The first-order valence-corrected chi connectivity index (χ1v) is 6.12. The highest BCUT2D eigenvalue weighted by Gasteiger charge is 2.34. The van der Waals surface area contributed by atoms with Crippen molar-refractivity contribution in [3.63, 3.8) is 0 Å². The molecule has 1 heterocycles. The average molecular weight is 225 g/mol. The topological polar surface area (TPSA) is 40.5 Å². The molecule has 1 fully saturated rings. The zero-order valence-corrected chi connectivity index (χ0v) is 9.54. The second-order valence-electron chi connectivity index (χ2n) is 4.05. The van der Waals surface area contributed by atoms with Gasteiger partial charge in [0, 0.05) is 12.6 Å². The smallest absolute Gasteiger partial charge is 0.320 e. The van der Waals surface area contributed by atoms with Crippen molar-refractivity contribution in [2.45, 2.75) is 38.4 Å². The third-order valence-corrected chi connectivity index (χ3v) is 3.55. The van der Waals surface area contributed by atoms with E-state index in [1.807, 2.05) is 5.38 Å². The highest BCUT2D eigenvalue weighted by molar-refractivity contribution is 7.07. The van der Waals surface area contributed by atoms with Gasteiger partial charge in [0.05, 0.1) is 0 Å². The molecule has 15 heavy (non-hydrogen) atoms. The summed E-state index contributed by atoms with van der Waals surface area (Å²) in [6.07, 6.45) is 2.28. The third-order valence-electron chi connectivity index (χ3n) is 2.82. The van der Waals surface area contributed by atoms with E-state index >= 15 is 0 Å². The maximum Gasteiger partial charge on any atom is 0.320 e. The summed E-state index contributed by atoms with van der Waals surface area (Å²) < 4.78 is 0. The number of rotatable bonds is 5. The number of nitrogens with zero attached hydrogens (tertiary/aromatic N) is 1. The van der Waals surface area contributed by atoms with Crippen LogP contribution in [0.3, 0.4) is 0 Å². The lowest BCUT2D eigenvalue weighted by atomic mass is 10.2. The predicted molar refractivity (Wildman–Crippen MR) is 60.0 cm³/mol. The molecule has 1 N–H and O–H groups in total. The zero-order valence-electron chi connectivity index (χ0n) is 8.72. The second-order valence-corrected chi connectivity index (χ2v) is 4.83. The molecule has 2 rings (SSSR count). The van der Waals surface area contributed by atoms with Gasteiger partial charge in [-0.3, -0.25) is 9.69 Å². The van der Waals surface area contributed by atoms with Gasteiger partial charge in [0.1, 0.15) is 6.04 Å². The first-order valence-electron chi connectivity index (χ1n) is 5.18. The molecule has 0 amide bonds. The lowest BCUT2D eigenvalue weighted by molar-refractivity contribution is -0.143. The number of thiophene rings is 1. The normalized spacial score (nSPS) is 18.0. The molecule has 0 spiro atoms. The van der Waals surface area contributed by atoms with Gasteiger partial charge in [-0.2, -0.15) is 11.3 Å². The van der Waals surface area contributed by atoms with Crippen LogP contribution in [-0.4, -0.2) is 28.1 Å². The summed E-state index contributed by atoms with van der Waals surface area (Å²) in [6, 6.07) is 2.17. The maximum atomic E-state index is 11.0. The van der Waals surface area contributed by atoms with Crippen LogP contribution in [0, 0.1) is 0 Å². The molecule has 4 heteroatoms. The first kappa shape index (κ1) is 10.6. The molecular formula is C11H15NO2S. The molecule has 0 aromatic carbocycles. The summed E-state index contributed by atoms with van der Waals surface area (Å²) in [5.74, 6) is -0.725. The fourth-order valence-corrected chi connectivity index (χ4v) is 2.38. The van der Waals surface area contributed by atoms with E-state index < -0.39 is 5.97 Å². The standard InChI is InChI=1S/C11H15NO2S/c1-8(11(13)14)12(10-2-3-10)6-9-4-5-15-7-9/h4-5,7-8,10H,2-3,6H2,1H3,(H,13,14). The van der Waals surface area contributed by atoms with E-state index in [1.54, 1.807) is 18.3 Å². The van der Waals surface area contributed by atoms with Crippen molar-refractivity contribution in [1.29, 1.82) is 0 Å². The number of hydrogen-bond donors (Lipinski definition) is 1. The highest BCUT2D eigenvalue weighted by Crippen LogP contribution is 2.30. The van der Waals surface area contributed by atoms with Crippen molar-refractivity contribution in [3.8, 4) is 0 Å². The Morgan fingerprint density at radius 2 is 2.47 bits per heavy atom. The summed E-state index contributed by atoms with van der Waals surface area (Å²) in [6.45, 7) is 2.54. The molecule has 1 aromatic rings. The fourth-order valence-electron chi connectivity index (χ4n) is 1.72. The van der Waals surface area contributed by atoms with E-state index in [4.69, 9.17) is 5.11 Å². The molecule has 1 aliphatic rings. The molecule has 3 nitrogen and oxygen atoms in total. The van der Waals surface area contributed by atoms with Gasteiger partial charge in [0.2, 0.25) is 0 Å². The van der Waals surface area contributed by atoms with Gasteiger partial charge in [-0.15, -0.1) is 0 Å². The zero-order chi connectivity index (χ0) is 10.8. The number of aliphatic carboxylic acids is 1. The second kappa shape index (κ2) is 4.33. The summed E-state index contributed by atoms with van der Waals surface area (Å²) >= 11 is 1.66. The van der Waals surface area contributed by atoms with Crippen LogP contribution >= 0.6 is 11.3 Å². The van der Waals surface area contributed by atoms with Gasteiger partial charge in [-0.25, -0.2) is 0 Å². The van der Waals surface area contributed by atoms with Crippen molar-refractivity contribution >= 4 is 17.3 Å². The lowest BCUT2D eigenvalue weighted by Crippen LogP contribution is -2.39. The minimum Gasteiger partial charge on any atom is -0.480 e. The van der Waals surface area contributed by atoms with Crippen LogP contribution in [0.15, 0.2) is 16.8 Å². The summed E-state index contributed by atoms with van der Waals surface area (Å²) in [7, 11) is 0. The van der Waals surface area contributed by atoms with Gasteiger partial charge in [0.25, 0.3) is 0 Å². The van der Waals surface area contributed by atoms with Crippen molar-refractivity contribution in [2.24, 2.45) is 0 Å². The summed E-state index contributed by atoms with van der Waals surface area (Å²) in [5, 5.41) is 13.1. The monoisotopic (exact) mass is 225 g/mol. The van der Waals surface area contributed by atoms with E-state index in [-0.39, 0.29) is 6.04 Å². The summed E-state index contributed by atoms with van der Waals surface area (Å²) in [5.41, 5.74) is 1.22. The SMILES string of the molecule is CC(C(=O)O)N(Cc1ccsc1)C1CC1. The van der Waals surface area contributed by atoms with Crippen LogP contribution in [0.2, 0.25) is 0 Å². The minimum atomic E-state index is -0.725. The van der Waals surface area contributed by atoms with Gasteiger partial charge in [-0.05, 0) is 42.2 Å². The maximum absolute atomic E-state index is 11.0. The minimum absolute atomic E-state index is 0.377. The van der Waals surface area contributed by atoms with Crippen LogP contribution in [0.25, 0.3) is 0 Å². The first-order chi connectivity index (χ1) is 7.18. The molecule has 82 valence electrons. The van der Waals surface area contributed by atoms with E-state index in [0.29, 0.717) is 6.04 Å². The number of carboxylic acid groups (broad SMARTS) is 1. The van der Waals surface area contributed by atoms with E-state index in [2.05, 4.69) is 16.3 Å². The Labute approximate surface area is 93.3 Å². The quantitative estimate of drug-likeness (QED) is 0.835. The molecule has 1 aromatic heterocycles. The average Bonchev–Trinajstić information content (AvgIpc) is 2.92. The Kier molecular flexibility index (Phi) is 3.07. The van der Waals surface area contributed by atoms with Gasteiger partial charge < -0.3 is 5.11 Å². The largest absolute Gasteiger partial charge is 0.480 e. The third kappa shape index (κ3) is 2.58. The van der Waals surface area contributed by atoms with Crippen molar-refractivity contribution < 1.29 is 9.90 Å². The Hall–Kier alpha value is -0.870. The molecule has 1 unspecified atom stereocenters. The Balaban J connectivity index is 2.03. The molecule has 1 atom stereocenters. The Bertz CT molecular complexity index is 332. The van der Waals surface area contributed by atoms with Crippen LogP contribution in [0.5, 0.6) is 0 Å². The highest BCUT2D eigenvalue weighted by atomic mass is 32.1. The molecule has 0 aliphatic heterocycles. The molecule has 0 radical (unpaired) electrons. The predicted octanol–water partition coefficient (Wildman–Crippen LogP) is 2.19. The lowest BCUT2D eigenvalue weighted by Gasteiger charge is -2.25. The van der Waals surface area contributed by atoms with Gasteiger partial charge >= 0.3 is 5.97 Å². The molecule has 0 saturated heterocycles. The Morgan fingerprint density at radius 3 is 2.93 bits per heavy atom. The fraction of sp³-hybridized carbons (Fsp3) is 0.545. The van der Waals surface area contributed by atoms with Crippen LogP contribution < -0.4 is 0 Å². The number of carbonyl (C=O) groups is 1. The van der Waals surface area contributed by atoms with Crippen LogP contribution in [-0.2, 0) is 11.3 Å². The molecular weight excluding hydrogens is 210 g/mol. The molecule has 1 aliphatic carbocycles. The van der Waals surface area contributed by atoms with Crippen molar-refractivity contribution in [2.75, 3.05) is 0 Å². The van der Waals surface area contributed by atoms with Crippen molar-refractivity contribution in [1.82, 2.24) is 4.90 Å². The number of carboxylic acids is 1. The van der Waals surface area contributed by atoms with E-state index in [0.717, 1.165) is 19.4 Å². The Morgan fingerprint density at radius 1 is 1.73 bits per heavy atom. The molecule has 1 saturated carbocycles. The van der Waals surface area contributed by atoms with E-state index in [1.165, 1.54) is 5.56 Å². The van der Waals surface area contributed by atoms with Gasteiger partial charge in [-0.1, -0.05) is 0 Å². The summed E-state index contributed by atoms with van der Waals surface area (Å²) in [4.78, 5) is 13.1. The van der Waals surface area contributed by atoms with Crippen molar-refractivity contribution in [3.05, 3.63) is 22.4 Å². The van der Waals surface area contributed by atoms with Crippen LogP contribution in [0.4, 0.5) is 0 Å². The number of hydrogen-bond acceptors (Lipinski definition) is 3. The van der Waals surface area contributed by atoms with E-state index in [9.17, 15) is 4.79 Å². The van der Waals surface area contributed by atoms with Gasteiger partial charge in [0.15, 0.2) is 0 Å². The molecule has 0 bridgehead atoms. The van der Waals surface area contributed by atoms with Crippen LogP contribution in [0.1, 0.15) is 25.3 Å².